The van der Waals surface area contributed by atoms with Crippen LogP contribution in [0, 0.1) is 0 Å². The Morgan fingerprint density at radius 1 is 1.30 bits per heavy atom. The van der Waals surface area contributed by atoms with Crippen LogP contribution in [0.4, 0.5) is 15.0 Å². The summed E-state index contributed by atoms with van der Waals surface area (Å²) in [5.41, 5.74) is 0.0932. The number of cyclic esters (lactones) is 1. The first-order valence-corrected chi connectivity index (χ1v) is 6.89. The SMILES string of the molecule is CC(=O)N(C)C1OC(=O)[N+](F)(c2ccccc2)C1n1cnnc1. The number of benzene rings is 1. The number of hydrogen-bond acceptors (Lipinski definition) is 5. The molecule has 23 heavy (non-hydrogen) atoms. The zero-order valence-corrected chi connectivity index (χ0v) is 12.5. The quantitative estimate of drug-likeness (QED) is 0.803. The second-order valence-electron chi connectivity index (χ2n) is 5.20. The fraction of sp³-hybridized carbons (Fsp3) is 0.286. The van der Waals surface area contributed by atoms with Crippen molar-refractivity contribution in [2.24, 2.45) is 0 Å². The number of ether oxygens (including phenoxy) is 1. The lowest BCUT2D eigenvalue weighted by molar-refractivity contribution is -0.138. The number of aromatic nitrogens is 3. The molecule has 3 rings (SSSR count). The number of hydrogen-bond donors (Lipinski definition) is 0. The second kappa shape index (κ2) is 5.43. The average molecular weight is 320 g/mol. The molecule has 0 spiro atoms. The van der Waals surface area contributed by atoms with E-state index in [1.165, 1.54) is 48.2 Å². The van der Waals surface area contributed by atoms with Crippen LogP contribution in [0.25, 0.3) is 0 Å². The second-order valence-corrected chi connectivity index (χ2v) is 5.20. The zero-order valence-electron chi connectivity index (χ0n) is 12.5. The molecule has 0 saturated carbocycles. The first-order chi connectivity index (χ1) is 11.0. The molecule has 2 aromatic rings. The Morgan fingerprint density at radius 2 is 1.91 bits per heavy atom. The van der Waals surface area contributed by atoms with Crippen LogP contribution in [0.3, 0.4) is 0 Å². The highest BCUT2D eigenvalue weighted by Gasteiger charge is 2.65. The van der Waals surface area contributed by atoms with Gasteiger partial charge in [0.2, 0.25) is 5.91 Å². The molecule has 1 aliphatic heterocycles. The summed E-state index contributed by atoms with van der Waals surface area (Å²) in [6.45, 7) is 1.31. The van der Waals surface area contributed by atoms with Gasteiger partial charge in [-0.2, -0.15) is 4.79 Å². The van der Waals surface area contributed by atoms with Gasteiger partial charge in [-0.25, -0.2) is 0 Å². The third kappa shape index (κ3) is 2.25. The van der Waals surface area contributed by atoms with Gasteiger partial charge in [-0.1, -0.05) is 18.2 Å². The number of nitrogens with zero attached hydrogens (tertiary/aromatic N) is 5. The molecular weight excluding hydrogens is 305 g/mol. The number of carbonyl (C=O) groups excluding carboxylic acids is 2. The van der Waals surface area contributed by atoms with Crippen LogP contribution in [-0.4, -0.2) is 44.9 Å². The molecule has 9 heteroatoms. The summed E-state index contributed by atoms with van der Waals surface area (Å²) < 4.78 is 20.7. The van der Waals surface area contributed by atoms with E-state index in [4.69, 9.17) is 4.74 Å². The first kappa shape index (κ1) is 15.1. The summed E-state index contributed by atoms with van der Waals surface area (Å²) >= 11 is 0. The molecule has 0 bridgehead atoms. The van der Waals surface area contributed by atoms with Gasteiger partial charge in [0.05, 0.1) is 0 Å². The van der Waals surface area contributed by atoms with Crippen molar-refractivity contribution in [3.8, 4) is 0 Å². The fourth-order valence-electron chi connectivity index (χ4n) is 2.56. The zero-order chi connectivity index (χ0) is 16.6. The van der Waals surface area contributed by atoms with Crippen molar-refractivity contribution in [2.45, 2.75) is 19.3 Å². The maximum absolute atomic E-state index is 15.8. The fourth-order valence-corrected chi connectivity index (χ4v) is 2.56. The lowest BCUT2D eigenvalue weighted by Crippen LogP contribution is -2.50. The predicted octanol–water partition coefficient (Wildman–Crippen LogP) is 1.62. The van der Waals surface area contributed by atoms with Crippen LogP contribution in [0.5, 0.6) is 0 Å². The summed E-state index contributed by atoms with van der Waals surface area (Å²) in [7, 11) is 1.44. The van der Waals surface area contributed by atoms with Crippen molar-refractivity contribution in [2.75, 3.05) is 7.05 Å². The van der Waals surface area contributed by atoms with Gasteiger partial charge >= 0.3 is 6.09 Å². The molecule has 1 fully saturated rings. The monoisotopic (exact) mass is 320 g/mol. The van der Waals surface area contributed by atoms with Gasteiger partial charge in [-0.15, -0.1) is 10.2 Å². The van der Waals surface area contributed by atoms with Crippen LogP contribution in [0.15, 0.2) is 43.0 Å². The van der Waals surface area contributed by atoms with Gasteiger partial charge in [0.25, 0.3) is 12.4 Å². The van der Waals surface area contributed by atoms with Crippen LogP contribution in [0.2, 0.25) is 0 Å². The molecule has 1 aliphatic rings. The lowest BCUT2D eigenvalue weighted by Gasteiger charge is -2.27. The minimum atomic E-state index is -1.64. The Kier molecular flexibility index (Phi) is 3.57. The van der Waals surface area contributed by atoms with Gasteiger partial charge in [-0.3, -0.25) is 9.36 Å². The summed E-state index contributed by atoms with van der Waals surface area (Å²) in [5.74, 6) is -0.359. The van der Waals surface area contributed by atoms with E-state index >= 15 is 4.48 Å². The minimum absolute atomic E-state index is 0.0932. The molecule has 0 aliphatic carbocycles. The van der Waals surface area contributed by atoms with Crippen molar-refractivity contribution >= 4 is 17.7 Å². The van der Waals surface area contributed by atoms with E-state index in [-0.39, 0.29) is 11.6 Å². The van der Waals surface area contributed by atoms with Gasteiger partial charge in [-0.05, 0) is 0 Å². The molecule has 3 atom stereocenters. The topological polar surface area (TPSA) is 77.3 Å². The van der Waals surface area contributed by atoms with Crippen LogP contribution in [-0.2, 0) is 9.53 Å². The highest BCUT2D eigenvalue weighted by atomic mass is 19.2. The Balaban J connectivity index is 2.14. The van der Waals surface area contributed by atoms with Crippen molar-refractivity contribution in [1.82, 2.24) is 24.4 Å². The number of carbonyl (C=O) groups is 2. The summed E-state index contributed by atoms with van der Waals surface area (Å²) in [4.78, 5) is 25.2. The highest BCUT2D eigenvalue weighted by molar-refractivity contribution is 5.83. The third-order valence-corrected chi connectivity index (χ3v) is 3.86. The number of rotatable bonds is 3. The Morgan fingerprint density at radius 3 is 2.48 bits per heavy atom. The Labute approximate surface area is 131 Å². The smallest absolute Gasteiger partial charge is 0.384 e. The maximum atomic E-state index is 15.8. The number of amides is 2. The Hall–Kier alpha value is -2.81. The lowest BCUT2D eigenvalue weighted by atomic mass is 10.2. The van der Waals surface area contributed by atoms with E-state index in [2.05, 4.69) is 10.2 Å². The van der Waals surface area contributed by atoms with E-state index in [9.17, 15) is 9.59 Å². The van der Waals surface area contributed by atoms with Gasteiger partial charge in [0, 0.05) is 35.3 Å². The van der Waals surface area contributed by atoms with Crippen molar-refractivity contribution < 1.29 is 18.8 Å². The Bertz CT molecular complexity index is 723. The molecule has 120 valence electrons. The highest BCUT2D eigenvalue weighted by Crippen LogP contribution is 2.43. The van der Waals surface area contributed by atoms with Gasteiger partial charge in [0.1, 0.15) is 12.7 Å². The molecule has 1 aromatic heterocycles. The molecule has 0 N–H and O–H groups in total. The largest absolute Gasteiger partial charge is 0.565 e. The van der Waals surface area contributed by atoms with E-state index in [1.807, 2.05) is 0 Å². The van der Waals surface area contributed by atoms with Crippen molar-refractivity contribution in [3.63, 3.8) is 0 Å². The molecule has 3 unspecified atom stereocenters. The molecule has 2 amide bonds. The van der Waals surface area contributed by atoms with E-state index in [0.717, 1.165) is 0 Å². The van der Waals surface area contributed by atoms with E-state index < -0.39 is 23.2 Å². The first-order valence-electron chi connectivity index (χ1n) is 6.89. The van der Waals surface area contributed by atoms with Crippen LogP contribution < -0.4 is 4.71 Å². The number of para-hydroxylation sites is 1. The molecule has 2 heterocycles. The van der Waals surface area contributed by atoms with E-state index in [1.54, 1.807) is 18.2 Å². The number of quaternary nitrogens is 1. The van der Waals surface area contributed by atoms with E-state index in [0.29, 0.717) is 0 Å². The molecule has 1 saturated heterocycles. The number of likely N-dealkylation sites (N-methyl/N-ethyl adjacent to an activating group) is 1. The summed E-state index contributed by atoms with van der Waals surface area (Å²) in [5, 5.41) is 7.31. The van der Waals surface area contributed by atoms with Crippen LogP contribution >= 0.6 is 0 Å². The minimum Gasteiger partial charge on any atom is -0.384 e. The van der Waals surface area contributed by atoms with Crippen molar-refractivity contribution in [1.29, 1.82) is 0 Å². The van der Waals surface area contributed by atoms with Crippen LogP contribution in [0.1, 0.15) is 13.1 Å². The number of halogens is 1. The predicted molar refractivity (Wildman–Crippen MR) is 77.1 cm³/mol. The van der Waals surface area contributed by atoms with Gasteiger partial charge < -0.3 is 9.64 Å². The molecule has 1 aromatic carbocycles. The molecular formula is C14H15FN5O3+. The van der Waals surface area contributed by atoms with Gasteiger partial charge in [0.15, 0.2) is 5.69 Å². The molecule has 0 radical (unpaired) electrons. The average Bonchev–Trinajstić information content (AvgIpc) is 3.15. The third-order valence-electron chi connectivity index (χ3n) is 3.86. The van der Waals surface area contributed by atoms with Crippen molar-refractivity contribution in [3.05, 3.63) is 43.0 Å². The molecule has 8 nitrogen and oxygen atoms in total. The summed E-state index contributed by atoms with van der Waals surface area (Å²) in [6.07, 6.45) is -0.852. The normalized spacial score (nSPS) is 26.8. The standard InChI is InChI=1S/C14H15FN5O3/c1-10(21)18(2)13-12(19-8-16-17-9-19)20(15,14(22)23-13)11-6-4-3-5-7-11/h3-9,12-13H,1-2H3/q+1. The maximum Gasteiger partial charge on any atom is 0.565 e. The summed E-state index contributed by atoms with van der Waals surface area (Å²) in [6, 6.07) is 7.91.